The summed E-state index contributed by atoms with van der Waals surface area (Å²) in [6.45, 7) is 1.51. The highest BCUT2D eigenvalue weighted by Crippen LogP contribution is 2.37. The first-order chi connectivity index (χ1) is 11.8. The molecule has 6 nitrogen and oxygen atoms in total. The van der Waals surface area contributed by atoms with Gasteiger partial charge in [-0.25, -0.2) is 0 Å². The number of phenols is 1. The minimum absolute atomic E-state index is 0.0155. The number of halogens is 1. The van der Waals surface area contributed by atoms with E-state index in [9.17, 15) is 18.1 Å². The average Bonchev–Trinajstić information content (AvgIpc) is 2.55. The van der Waals surface area contributed by atoms with E-state index in [2.05, 4.69) is 10.2 Å². The Labute approximate surface area is 149 Å². The number of hydrogen-bond donors (Lipinski definition) is 2. The number of azo groups is 1. The van der Waals surface area contributed by atoms with Gasteiger partial charge in [-0.2, -0.15) is 8.42 Å². The van der Waals surface area contributed by atoms with E-state index in [4.69, 9.17) is 11.6 Å². The van der Waals surface area contributed by atoms with Crippen LogP contribution in [0.1, 0.15) is 5.56 Å². The molecular weight excluding hydrogens is 364 g/mol. The van der Waals surface area contributed by atoms with E-state index in [-0.39, 0.29) is 32.6 Å². The zero-order valence-electron chi connectivity index (χ0n) is 13.0. The van der Waals surface area contributed by atoms with Crippen molar-refractivity contribution >= 4 is 43.9 Å². The van der Waals surface area contributed by atoms with Crippen LogP contribution in [0.3, 0.4) is 0 Å². The van der Waals surface area contributed by atoms with Crippen molar-refractivity contribution in [3.8, 4) is 5.75 Å². The molecule has 0 aromatic heterocycles. The summed E-state index contributed by atoms with van der Waals surface area (Å²) in [6.07, 6.45) is 0. The molecule has 0 atom stereocenters. The van der Waals surface area contributed by atoms with Gasteiger partial charge in [0.25, 0.3) is 10.1 Å². The maximum Gasteiger partial charge on any atom is 0.294 e. The third kappa shape index (κ3) is 3.48. The first-order valence-corrected chi connectivity index (χ1v) is 8.99. The highest BCUT2D eigenvalue weighted by molar-refractivity contribution is 7.85. The Bertz CT molecular complexity index is 1110. The molecule has 8 heteroatoms. The molecule has 0 aliphatic rings. The van der Waals surface area contributed by atoms with Gasteiger partial charge in [0.1, 0.15) is 17.1 Å². The zero-order chi connectivity index (χ0) is 18.2. The molecule has 3 aromatic carbocycles. The summed E-state index contributed by atoms with van der Waals surface area (Å²) >= 11 is 6.04. The number of nitrogens with zero attached hydrogens (tertiary/aromatic N) is 2. The van der Waals surface area contributed by atoms with E-state index in [1.54, 1.807) is 12.1 Å². The van der Waals surface area contributed by atoms with E-state index < -0.39 is 10.1 Å². The molecule has 0 spiro atoms. The number of rotatable bonds is 3. The molecule has 0 amide bonds. The minimum Gasteiger partial charge on any atom is -0.506 e. The maximum atomic E-state index is 11.3. The molecule has 128 valence electrons. The lowest BCUT2D eigenvalue weighted by Crippen LogP contribution is -2.00. The Balaban J connectivity index is 2.10. The van der Waals surface area contributed by atoms with Crippen LogP contribution >= 0.6 is 11.6 Å². The second-order valence-corrected chi connectivity index (χ2v) is 7.20. The summed E-state index contributed by atoms with van der Waals surface area (Å²) in [5.41, 5.74) is 0.785. The number of aryl methyl sites for hydroxylation is 1. The van der Waals surface area contributed by atoms with Gasteiger partial charge >= 0.3 is 0 Å². The van der Waals surface area contributed by atoms with Crippen molar-refractivity contribution in [2.75, 3.05) is 0 Å². The Kier molecular flexibility index (Phi) is 4.47. The lowest BCUT2D eigenvalue weighted by atomic mass is 10.1. The number of fused-ring (bicyclic) bond motifs is 1. The predicted octanol–water partition coefficient (Wildman–Crippen LogP) is 5.17. The number of hydrogen-bond acceptors (Lipinski definition) is 5. The molecule has 0 heterocycles. The van der Waals surface area contributed by atoms with Crippen LogP contribution in [0.25, 0.3) is 10.8 Å². The Morgan fingerprint density at radius 3 is 2.48 bits per heavy atom. The smallest absolute Gasteiger partial charge is 0.294 e. The van der Waals surface area contributed by atoms with Crippen molar-refractivity contribution in [1.82, 2.24) is 0 Å². The van der Waals surface area contributed by atoms with E-state index in [0.29, 0.717) is 5.39 Å². The average molecular weight is 377 g/mol. The summed E-state index contributed by atoms with van der Waals surface area (Å²) < 4.78 is 31.8. The molecule has 2 N–H and O–H groups in total. The Morgan fingerprint density at radius 2 is 1.76 bits per heavy atom. The van der Waals surface area contributed by atoms with Crippen molar-refractivity contribution in [3.05, 3.63) is 59.1 Å². The lowest BCUT2D eigenvalue weighted by Gasteiger charge is -2.06. The molecule has 0 aliphatic carbocycles. The van der Waals surface area contributed by atoms with Gasteiger partial charge in [-0.05, 0) is 36.1 Å². The first kappa shape index (κ1) is 17.3. The van der Waals surface area contributed by atoms with Gasteiger partial charge in [-0.15, -0.1) is 10.2 Å². The van der Waals surface area contributed by atoms with E-state index in [0.717, 1.165) is 11.5 Å². The quantitative estimate of drug-likeness (QED) is 0.486. The zero-order valence-corrected chi connectivity index (χ0v) is 14.6. The topological polar surface area (TPSA) is 99.3 Å². The van der Waals surface area contributed by atoms with Gasteiger partial charge < -0.3 is 5.11 Å². The standard InChI is InChI=1S/C17H13ClN2O4S/c1-10-8-14(13(18)9-16(10)25(22,23)24)19-20-17-12-5-3-2-4-11(12)6-7-15(17)21/h2-9,21H,1H3,(H,22,23,24). The monoisotopic (exact) mass is 376 g/mol. The molecule has 0 saturated carbocycles. The molecule has 25 heavy (non-hydrogen) atoms. The van der Waals surface area contributed by atoms with Crippen LogP contribution in [0.2, 0.25) is 5.02 Å². The van der Waals surface area contributed by atoms with E-state index in [1.807, 2.05) is 18.2 Å². The van der Waals surface area contributed by atoms with Crippen molar-refractivity contribution < 1.29 is 18.1 Å². The fourth-order valence-electron chi connectivity index (χ4n) is 2.46. The molecule has 0 aliphatic heterocycles. The van der Waals surface area contributed by atoms with Gasteiger partial charge in [0.05, 0.1) is 9.92 Å². The minimum atomic E-state index is -4.37. The van der Waals surface area contributed by atoms with E-state index >= 15 is 0 Å². The fraction of sp³-hybridized carbons (Fsp3) is 0.0588. The highest BCUT2D eigenvalue weighted by Gasteiger charge is 2.16. The van der Waals surface area contributed by atoms with Crippen LogP contribution in [0.5, 0.6) is 5.75 Å². The van der Waals surface area contributed by atoms with Crippen molar-refractivity contribution in [2.24, 2.45) is 10.2 Å². The highest BCUT2D eigenvalue weighted by atomic mass is 35.5. The lowest BCUT2D eigenvalue weighted by molar-refractivity contribution is 0.477. The fourth-order valence-corrected chi connectivity index (χ4v) is 3.45. The summed E-state index contributed by atoms with van der Waals surface area (Å²) in [4.78, 5) is -0.288. The third-order valence-corrected chi connectivity index (χ3v) is 4.96. The van der Waals surface area contributed by atoms with Crippen LogP contribution in [0.4, 0.5) is 11.4 Å². The van der Waals surface area contributed by atoms with Crippen LogP contribution < -0.4 is 0 Å². The summed E-state index contributed by atoms with van der Waals surface area (Å²) in [7, 11) is -4.37. The van der Waals surface area contributed by atoms with Crippen LogP contribution in [-0.4, -0.2) is 18.1 Å². The Morgan fingerprint density at radius 1 is 1.04 bits per heavy atom. The molecule has 3 rings (SSSR count). The molecule has 0 radical (unpaired) electrons. The second-order valence-electron chi connectivity index (χ2n) is 5.40. The van der Waals surface area contributed by atoms with Crippen LogP contribution in [0.15, 0.2) is 63.7 Å². The molecular formula is C17H13ClN2O4S. The van der Waals surface area contributed by atoms with Gasteiger partial charge in [0, 0.05) is 5.39 Å². The molecule has 3 aromatic rings. The van der Waals surface area contributed by atoms with Gasteiger partial charge in [0.15, 0.2) is 0 Å². The van der Waals surface area contributed by atoms with E-state index in [1.165, 1.54) is 19.1 Å². The van der Waals surface area contributed by atoms with Crippen molar-refractivity contribution in [3.63, 3.8) is 0 Å². The van der Waals surface area contributed by atoms with Gasteiger partial charge in [-0.1, -0.05) is 41.9 Å². The summed E-state index contributed by atoms with van der Waals surface area (Å²) in [5.74, 6) is -0.0372. The summed E-state index contributed by atoms with van der Waals surface area (Å²) in [6, 6.07) is 13.2. The third-order valence-electron chi connectivity index (χ3n) is 3.66. The van der Waals surface area contributed by atoms with Crippen molar-refractivity contribution in [1.29, 1.82) is 0 Å². The number of aromatic hydroxyl groups is 1. The SMILES string of the molecule is Cc1cc(N=Nc2c(O)ccc3ccccc23)c(Cl)cc1S(=O)(=O)O. The molecule has 0 fully saturated rings. The first-order valence-electron chi connectivity index (χ1n) is 7.17. The molecule has 0 unspecified atom stereocenters. The Hall–Kier alpha value is -2.48. The summed E-state index contributed by atoms with van der Waals surface area (Å²) in [5, 5.41) is 19.8. The predicted molar refractivity (Wildman–Crippen MR) is 95.8 cm³/mol. The van der Waals surface area contributed by atoms with Gasteiger partial charge in [-0.3, -0.25) is 4.55 Å². The largest absolute Gasteiger partial charge is 0.506 e. The van der Waals surface area contributed by atoms with Gasteiger partial charge in [0.2, 0.25) is 0 Å². The number of benzene rings is 3. The molecule has 0 saturated heterocycles. The van der Waals surface area contributed by atoms with Crippen LogP contribution in [-0.2, 0) is 10.1 Å². The normalized spacial score (nSPS) is 12.1. The number of phenolic OH excluding ortho intramolecular Hbond substituents is 1. The second kappa shape index (κ2) is 6.44. The maximum absolute atomic E-state index is 11.3. The molecule has 0 bridgehead atoms. The van der Waals surface area contributed by atoms with Crippen LogP contribution in [0, 0.1) is 6.92 Å². The van der Waals surface area contributed by atoms with Crippen molar-refractivity contribution in [2.45, 2.75) is 11.8 Å².